The van der Waals surface area contributed by atoms with E-state index < -0.39 is 0 Å². The van der Waals surface area contributed by atoms with E-state index in [0.29, 0.717) is 12.6 Å². The van der Waals surface area contributed by atoms with Crippen LogP contribution >= 0.6 is 24.0 Å². The first-order valence-electron chi connectivity index (χ1n) is 11.0. The molecule has 1 aliphatic heterocycles. The molecule has 1 aliphatic rings. The molecule has 0 unspecified atom stereocenters. The first-order chi connectivity index (χ1) is 14.4. The fourth-order valence-electron chi connectivity index (χ4n) is 3.60. The Morgan fingerprint density at radius 3 is 2.58 bits per heavy atom. The minimum Gasteiger partial charge on any atom is -0.497 e. The van der Waals surface area contributed by atoms with Crippen molar-refractivity contribution < 1.29 is 9.53 Å². The van der Waals surface area contributed by atoms with Gasteiger partial charge in [-0.2, -0.15) is 0 Å². The van der Waals surface area contributed by atoms with Crippen molar-refractivity contribution in [2.45, 2.75) is 51.5 Å². The van der Waals surface area contributed by atoms with Crippen LogP contribution in [0.1, 0.15) is 45.6 Å². The predicted molar refractivity (Wildman–Crippen MR) is 139 cm³/mol. The zero-order chi connectivity index (χ0) is 22.0. The number of nitrogens with one attached hydrogen (secondary N) is 3. The summed E-state index contributed by atoms with van der Waals surface area (Å²) in [5, 5.41) is 9.98. The summed E-state index contributed by atoms with van der Waals surface area (Å²) in [5.41, 5.74) is 1.15. The van der Waals surface area contributed by atoms with E-state index in [9.17, 15) is 4.79 Å². The molecule has 7 nitrogen and oxygen atoms in total. The first-order valence-corrected chi connectivity index (χ1v) is 11.0. The number of hydrogen-bond donors (Lipinski definition) is 3. The van der Waals surface area contributed by atoms with Crippen LogP contribution < -0.4 is 20.7 Å². The van der Waals surface area contributed by atoms with Gasteiger partial charge < -0.3 is 20.7 Å². The summed E-state index contributed by atoms with van der Waals surface area (Å²) in [4.78, 5) is 18.5. The summed E-state index contributed by atoms with van der Waals surface area (Å²) in [7, 11) is 3.50. The molecule has 1 fully saturated rings. The van der Waals surface area contributed by atoms with Crippen molar-refractivity contribution in [3.05, 3.63) is 29.8 Å². The van der Waals surface area contributed by atoms with Crippen molar-refractivity contribution in [1.82, 2.24) is 20.9 Å². The van der Waals surface area contributed by atoms with Gasteiger partial charge in [0.1, 0.15) is 5.75 Å². The highest BCUT2D eigenvalue weighted by atomic mass is 127. The largest absolute Gasteiger partial charge is 0.497 e. The highest BCUT2D eigenvalue weighted by Crippen LogP contribution is 2.25. The molecule has 8 heteroatoms. The number of methoxy groups -OCH3 is 1. The normalized spacial score (nSPS) is 15.7. The number of piperidine rings is 1. The molecule has 0 bridgehead atoms. The van der Waals surface area contributed by atoms with Crippen LogP contribution in [-0.2, 0) is 10.2 Å². The van der Waals surface area contributed by atoms with Gasteiger partial charge in [-0.05, 0) is 37.0 Å². The summed E-state index contributed by atoms with van der Waals surface area (Å²) in [5.74, 6) is 1.82. The second kappa shape index (κ2) is 13.8. The molecule has 3 N–H and O–H groups in total. The van der Waals surface area contributed by atoms with Crippen molar-refractivity contribution in [3.63, 3.8) is 0 Å². The fraction of sp³-hybridized carbons (Fsp3) is 0.652. The Bertz CT molecular complexity index is 703. The topological polar surface area (TPSA) is 78.0 Å². The van der Waals surface area contributed by atoms with E-state index in [-0.39, 0.29) is 35.3 Å². The fourth-order valence-corrected chi connectivity index (χ4v) is 3.60. The number of ether oxygens (including phenoxy) is 1. The lowest BCUT2D eigenvalue weighted by Gasteiger charge is -2.33. The molecular formula is C23H40IN5O2. The number of amides is 1. The molecule has 0 atom stereocenters. The van der Waals surface area contributed by atoms with Crippen LogP contribution in [-0.4, -0.2) is 69.7 Å². The van der Waals surface area contributed by atoms with E-state index in [1.165, 1.54) is 5.56 Å². The zero-order valence-electron chi connectivity index (χ0n) is 19.7. The molecule has 1 heterocycles. The van der Waals surface area contributed by atoms with Crippen molar-refractivity contribution in [2.75, 3.05) is 46.9 Å². The number of carbonyl (C=O) groups excluding carboxylic acids is 1. The number of guanidine groups is 1. The average Bonchev–Trinajstić information content (AvgIpc) is 2.76. The van der Waals surface area contributed by atoms with Crippen LogP contribution in [0.5, 0.6) is 5.75 Å². The van der Waals surface area contributed by atoms with Crippen LogP contribution in [0.15, 0.2) is 29.3 Å². The van der Waals surface area contributed by atoms with Gasteiger partial charge in [-0.15, -0.1) is 24.0 Å². The van der Waals surface area contributed by atoms with Crippen molar-refractivity contribution in [1.29, 1.82) is 0 Å². The first kappa shape index (κ1) is 27.5. The number of rotatable bonds is 9. The second-order valence-corrected chi connectivity index (χ2v) is 8.59. The molecule has 0 spiro atoms. The van der Waals surface area contributed by atoms with Gasteiger partial charge in [-0.1, -0.05) is 32.9 Å². The standard InChI is InChI=1S/C23H39N5O2.HI/c1-6-12-25-21(29)16-28-13-10-19(11-14-28)27-22(24-4)26-17-23(2,3)18-8-7-9-20(15-18)30-5;/h7-9,15,19H,6,10-14,16-17H2,1-5H3,(H,25,29)(H2,24,26,27);1H. The Labute approximate surface area is 204 Å². The third-order valence-electron chi connectivity index (χ3n) is 5.64. The maximum Gasteiger partial charge on any atom is 0.234 e. The Kier molecular flexibility index (Phi) is 12.2. The number of hydrogen-bond acceptors (Lipinski definition) is 4. The lowest BCUT2D eigenvalue weighted by atomic mass is 9.84. The Hall–Kier alpha value is -1.55. The Balaban J connectivity index is 0.00000480. The molecule has 1 saturated heterocycles. The van der Waals surface area contributed by atoms with E-state index in [0.717, 1.165) is 57.2 Å². The number of likely N-dealkylation sites (tertiary alicyclic amines) is 1. The van der Waals surface area contributed by atoms with E-state index >= 15 is 0 Å². The minimum absolute atomic E-state index is 0. The molecule has 0 aromatic heterocycles. The average molecular weight is 546 g/mol. The third-order valence-corrected chi connectivity index (χ3v) is 5.64. The smallest absolute Gasteiger partial charge is 0.234 e. The Morgan fingerprint density at radius 1 is 1.26 bits per heavy atom. The highest BCUT2D eigenvalue weighted by molar-refractivity contribution is 14.0. The third kappa shape index (κ3) is 9.22. The summed E-state index contributed by atoms with van der Waals surface area (Å²) >= 11 is 0. The molecule has 31 heavy (non-hydrogen) atoms. The molecule has 1 aromatic carbocycles. The number of nitrogens with zero attached hydrogens (tertiary/aromatic N) is 2. The molecule has 1 amide bonds. The van der Waals surface area contributed by atoms with Gasteiger partial charge in [0, 0.05) is 44.7 Å². The van der Waals surface area contributed by atoms with Crippen molar-refractivity contribution >= 4 is 35.8 Å². The highest BCUT2D eigenvalue weighted by Gasteiger charge is 2.24. The van der Waals surface area contributed by atoms with Crippen LogP contribution in [0.3, 0.4) is 0 Å². The number of benzene rings is 1. The molecule has 0 saturated carbocycles. The van der Waals surface area contributed by atoms with Gasteiger partial charge in [0.05, 0.1) is 13.7 Å². The molecule has 0 radical (unpaired) electrons. The maximum absolute atomic E-state index is 11.9. The summed E-state index contributed by atoms with van der Waals surface area (Å²) < 4.78 is 5.36. The van der Waals surface area contributed by atoms with Crippen LogP contribution in [0.4, 0.5) is 0 Å². The van der Waals surface area contributed by atoms with Crippen molar-refractivity contribution in [3.8, 4) is 5.75 Å². The monoisotopic (exact) mass is 545 g/mol. The van der Waals surface area contributed by atoms with Gasteiger partial charge in [0.15, 0.2) is 5.96 Å². The van der Waals surface area contributed by atoms with Gasteiger partial charge in [-0.3, -0.25) is 14.7 Å². The predicted octanol–water partition coefficient (Wildman–Crippen LogP) is 2.75. The molecule has 2 rings (SSSR count). The number of halogens is 1. The minimum atomic E-state index is -0.0681. The lowest BCUT2D eigenvalue weighted by Crippen LogP contribution is -2.51. The zero-order valence-corrected chi connectivity index (χ0v) is 22.0. The summed E-state index contributed by atoms with van der Waals surface area (Å²) in [6.45, 7) is 10.3. The summed E-state index contributed by atoms with van der Waals surface area (Å²) in [6, 6.07) is 8.58. The molecular weight excluding hydrogens is 505 g/mol. The van der Waals surface area contributed by atoms with Gasteiger partial charge in [-0.25, -0.2) is 0 Å². The van der Waals surface area contributed by atoms with E-state index in [2.05, 4.69) is 58.7 Å². The van der Waals surface area contributed by atoms with Gasteiger partial charge >= 0.3 is 0 Å². The van der Waals surface area contributed by atoms with Crippen LogP contribution in [0, 0.1) is 0 Å². The van der Waals surface area contributed by atoms with Gasteiger partial charge in [0.25, 0.3) is 0 Å². The van der Waals surface area contributed by atoms with Crippen molar-refractivity contribution in [2.24, 2.45) is 4.99 Å². The quantitative estimate of drug-likeness (QED) is 0.253. The molecule has 176 valence electrons. The number of aliphatic imine (C=N–C) groups is 1. The van der Waals surface area contributed by atoms with E-state index in [1.54, 1.807) is 14.2 Å². The maximum atomic E-state index is 11.9. The Morgan fingerprint density at radius 2 is 1.97 bits per heavy atom. The van der Waals surface area contributed by atoms with Gasteiger partial charge in [0.2, 0.25) is 5.91 Å². The molecule has 0 aliphatic carbocycles. The number of carbonyl (C=O) groups is 1. The SMILES string of the molecule is CCCNC(=O)CN1CCC(NC(=NC)NCC(C)(C)c2cccc(OC)c2)CC1.I. The van der Waals surface area contributed by atoms with E-state index in [4.69, 9.17) is 4.74 Å². The lowest BCUT2D eigenvalue weighted by molar-refractivity contribution is -0.122. The molecule has 1 aromatic rings. The van der Waals surface area contributed by atoms with Crippen LogP contribution in [0.25, 0.3) is 0 Å². The van der Waals surface area contributed by atoms with E-state index in [1.807, 2.05) is 12.1 Å². The summed E-state index contributed by atoms with van der Waals surface area (Å²) in [6.07, 6.45) is 2.97. The second-order valence-electron chi connectivity index (χ2n) is 8.59. The van der Waals surface area contributed by atoms with Crippen LogP contribution in [0.2, 0.25) is 0 Å².